The highest BCUT2D eigenvalue weighted by Crippen LogP contribution is 2.27. The molecule has 0 unspecified atom stereocenters. The summed E-state index contributed by atoms with van der Waals surface area (Å²) in [4.78, 5) is 11.9. The van der Waals surface area contributed by atoms with Crippen LogP contribution in [0.1, 0.15) is 5.56 Å². The van der Waals surface area contributed by atoms with E-state index in [0.29, 0.717) is 28.8 Å². The minimum atomic E-state index is -0.302. The molecule has 0 fully saturated rings. The van der Waals surface area contributed by atoms with Crippen LogP contribution < -0.4 is 20.5 Å². The number of halogens is 1. The van der Waals surface area contributed by atoms with E-state index >= 15 is 0 Å². The van der Waals surface area contributed by atoms with Gasteiger partial charge in [0.2, 0.25) is 0 Å². The number of hydrogen-bond donors (Lipinski definition) is 2. The number of carbonyl (C=O) groups is 1. The van der Waals surface area contributed by atoms with Crippen molar-refractivity contribution in [2.75, 3.05) is 19.0 Å². The molecule has 116 valence electrons. The highest BCUT2D eigenvalue weighted by atomic mass is 35.5. The number of benzene rings is 2. The smallest absolute Gasteiger partial charge is 0.262 e. The van der Waals surface area contributed by atoms with Gasteiger partial charge in [0.1, 0.15) is 11.5 Å². The van der Waals surface area contributed by atoms with E-state index in [1.165, 1.54) is 7.11 Å². The topological polar surface area (TPSA) is 73.6 Å². The predicted molar refractivity (Wildman–Crippen MR) is 86.5 cm³/mol. The molecule has 0 saturated heterocycles. The van der Waals surface area contributed by atoms with E-state index in [-0.39, 0.29) is 12.5 Å². The lowest BCUT2D eigenvalue weighted by Crippen LogP contribution is -2.20. The van der Waals surface area contributed by atoms with Crippen molar-refractivity contribution < 1.29 is 14.3 Å². The molecule has 2 aromatic carbocycles. The Kier molecular flexibility index (Phi) is 5.63. The first-order chi connectivity index (χ1) is 10.6. The molecule has 5 nitrogen and oxygen atoms in total. The van der Waals surface area contributed by atoms with Gasteiger partial charge in [-0.15, -0.1) is 0 Å². The molecule has 0 spiro atoms. The van der Waals surface area contributed by atoms with Crippen LogP contribution >= 0.6 is 11.6 Å². The summed E-state index contributed by atoms with van der Waals surface area (Å²) in [6.45, 7) is 0.354. The van der Waals surface area contributed by atoms with Crippen molar-refractivity contribution in [1.82, 2.24) is 0 Å². The van der Waals surface area contributed by atoms with Crippen LogP contribution in [0.25, 0.3) is 0 Å². The number of amides is 1. The Labute approximate surface area is 134 Å². The first-order valence-corrected chi connectivity index (χ1v) is 7.05. The second-order valence-corrected chi connectivity index (χ2v) is 4.97. The van der Waals surface area contributed by atoms with Crippen LogP contribution in [0.4, 0.5) is 5.69 Å². The fourth-order valence-corrected chi connectivity index (χ4v) is 2.01. The summed E-state index contributed by atoms with van der Waals surface area (Å²) in [5.41, 5.74) is 7.02. The normalized spacial score (nSPS) is 10.1. The van der Waals surface area contributed by atoms with Gasteiger partial charge in [0.25, 0.3) is 5.91 Å². The Hall–Kier alpha value is -2.24. The van der Waals surface area contributed by atoms with E-state index in [4.69, 9.17) is 26.8 Å². The molecule has 3 N–H and O–H groups in total. The van der Waals surface area contributed by atoms with Gasteiger partial charge in [-0.1, -0.05) is 23.7 Å². The maximum absolute atomic E-state index is 11.9. The van der Waals surface area contributed by atoms with Crippen molar-refractivity contribution in [3.8, 4) is 11.5 Å². The standard InChI is InChI=1S/C16H17ClN2O3/c1-21-15-7-4-12(17)8-14(15)19-16(20)10-22-13-5-2-11(9-18)3-6-13/h2-8H,9-10,18H2,1H3,(H,19,20). The van der Waals surface area contributed by atoms with Crippen LogP contribution in [-0.4, -0.2) is 19.6 Å². The number of methoxy groups -OCH3 is 1. The number of nitrogens with two attached hydrogens (primary N) is 1. The quantitative estimate of drug-likeness (QED) is 0.858. The Morgan fingerprint density at radius 1 is 1.23 bits per heavy atom. The Balaban J connectivity index is 1.94. The lowest BCUT2D eigenvalue weighted by molar-refractivity contribution is -0.118. The van der Waals surface area contributed by atoms with Gasteiger partial charge < -0.3 is 20.5 Å². The van der Waals surface area contributed by atoms with Gasteiger partial charge >= 0.3 is 0 Å². The molecule has 0 aromatic heterocycles. The molecule has 0 atom stereocenters. The number of rotatable bonds is 6. The SMILES string of the molecule is COc1ccc(Cl)cc1NC(=O)COc1ccc(CN)cc1. The third kappa shape index (κ3) is 4.38. The first kappa shape index (κ1) is 16.1. The Morgan fingerprint density at radius 2 is 1.95 bits per heavy atom. The van der Waals surface area contributed by atoms with E-state index in [0.717, 1.165) is 5.56 Å². The summed E-state index contributed by atoms with van der Waals surface area (Å²) >= 11 is 5.91. The first-order valence-electron chi connectivity index (χ1n) is 6.67. The van der Waals surface area contributed by atoms with Gasteiger partial charge in [0.15, 0.2) is 6.61 Å². The highest BCUT2D eigenvalue weighted by molar-refractivity contribution is 6.31. The second-order valence-electron chi connectivity index (χ2n) is 4.53. The van der Waals surface area contributed by atoms with Gasteiger partial charge in [0, 0.05) is 11.6 Å². The maximum Gasteiger partial charge on any atom is 0.262 e. The number of ether oxygens (including phenoxy) is 2. The van der Waals surface area contributed by atoms with Gasteiger partial charge in [-0.2, -0.15) is 0 Å². The van der Waals surface area contributed by atoms with Gasteiger partial charge in [0.05, 0.1) is 12.8 Å². The largest absolute Gasteiger partial charge is 0.495 e. The Bertz CT molecular complexity index is 644. The van der Waals surface area contributed by atoms with Crippen LogP contribution in [0.2, 0.25) is 5.02 Å². The molecule has 0 aliphatic rings. The van der Waals surface area contributed by atoms with Gasteiger partial charge in [-0.25, -0.2) is 0 Å². The average Bonchev–Trinajstić information content (AvgIpc) is 2.53. The van der Waals surface area contributed by atoms with E-state index in [1.54, 1.807) is 30.3 Å². The molecule has 1 amide bonds. The number of carbonyl (C=O) groups excluding carboxylic acids is 1. The maximum atomic E-state index is 11.9. The van der Waals surface area contributed by atoms with E-state index in [1.807, 2.05) is 12.1 Å². The zero-order chi connectivity index (χ0) is 15.9. The molecule has 0 bridgehead atoms. The third-order valence-electron chi connectivity index (χ3n) is 2.96. The molecule has 22 heavy (non-hydrogen) atoms. The molecule has 0 aliphatic heterocycles. The summed E-state index contributed by atoms with van der Waals surface area (Å²) in [5, 5.41) is 3.21. The molecule has 2 aromatic rings. The van der Waals surface area contributed by atoms with Gasteiger partial charge in [-0.05, 0) is 35.9 Å². The summed E-state index contributed by atoms with van der Waals surface area (Å²) < 4.78 is 10.6. The van der Waals surface area contributed by atoms with Crippen molar-refractivity contribution in [2.45, 2.75) is 6.54 Å². The molecule has 0 heterocycles. The predicted octanol–water partition coefficient (Wildman–Crippen LogP) is 2.82. The Morgan fingerprint density at radius 3 is 2.59 bits per heavy atom. The lowest BCUT2D eigenvalue weighted by atomic mass is 10.2. The zero-order valence-electron chi connectivity index (χ0n) is 12.1. The fraction of sp³-hybridized carbons (Fsp3) is 0.188. The average molecular weight is 321 g/mol. The van der Waals surface area contributed by atoms with Gasteiger partial charge in [-0.3, -0.25) is 4.79 Å². The highest BCUT2D eigenvalue weighted by Gasteiger charge is 2.09. The molecular formula is C16H17ClN2O3. The van der Waals surface area contributed by atoms with Crippen molar-refractivity contribution in [1.29, 1.82) is 0 Å². The summed E-state index contributed by atoms with van der Waals surface area (Å²) in [7, 11) is 1.52. The van der Waals surface area contributed by atoms with Crippen LogP contribution in [0.5, 0.6) is 11.5 Å². The molecular weight excluding hydrogens is 304 g/mol. The minimum absolute atomic E-state index is 0.113. The summed E-state index contributed by atoms with van der Waals surface area (Å²) in [6, 6.07) is 12.2. The van der Waals surface area contributed by atoms with Crippen LogP contribution in [0.15, 0.2) is 42.5 Å². The van der Waals surface area contributed by atoms with Crippen molar-refractivity contribution in [2.24, 2.45) is 5.73 Å². The molecule has 0 radical (unpaired) electrons. The van der Waals surface area contributed by atoms with Crippen molar-refractivity contribution in [3.05, 3.63) is 53.1 Å². The lowest BCUT2D eigenvalue weighted by Gasteiger charge is -2.11. The second kappa shape index (κ2) is 7.68. The number of hydrogen-bond acceptors (Lipinski definition) is 4. The minimum Gasteiger partial charge on any atom is -0.495 e. The van der Waals surface area contributed by atoms with Crippen LogP contribution in [0, 0.1) is 0 Å². The molecule has 6 heteroatoms. The van der Waals surface area contributed by atoms with Crippen molar-refractivity contribution >= 4 is 23.2 Å². The molecule has 0 aliphatic carbocycles. The number of anilines is 1. The van der Waals surface area contributed by atoms with E-state index < -0.39 is 0 Å². The summed E-state index contributed by atoms with van der Waals surface area (Å²) in [6.07, 6.45) is 0. The van der Waals surface area contributed by atoms with Crippen LogP contribution in [-0.2, 0) is 11.3 Å². The monoisotopic (exact) mass is 320 g/mol. The van der Waals surface area contributed by atoms with E-state index in [9.17, 15) is 4.79 Å². The van der Waals surface area contributed by atoms with Crippen molar-refractivity contribution in [3.63, 3.8) is 0 Å². The summed E-state index contributed by atoms with van der Waals surface area (Å²) in [5.74, 6) is 0.832. The third-order valence-corrected chi connectivity index (χ3v) is 3.20. The molecule has 0 saturated carbocycles. The number of nitrogens with one attached hydrogen (secondary N) is 1. The fourth-order valence-electron chi connectivity index (χ4n) is 1.83. The van der Waals surface area contributed by atoms with E-state index in [2.05, 4.69) is 5.32 Å². The van der Waals surface area contributed by atoms with Crippen LogP contribution in [0.3, 0.4) is 0 Å². The zero-order valence-corrected chi connectivity index (χ0v) is 12.9. The molecule has 2 rings (SSSR count).